The lowest BCUT2D eigenvalue weighted by atomic mass is 9.97. The summed E-state index contributed by atoms with van der Waals surface area (Å²) in [6.07, 6.45) is 3.83. The molecule has 3 N–H and O–H groups in total. The van der Waals surface area contributed by atoms with Crippen molar-refractivity contribution in [2.45, 2.75) is 39.2 Å². The zero-order valence-corrected chi connectivity index (χ0v) is 6.28. The van der Waals surface area contributed by atoms with E-state index in [9.17, 15) is 0 Å². The van der Waals surface area contributed by atoms with Crippen molar-refractivity contribution in [3.8, 4) is 0 Å². The number of hydrazine groups is 1. The largest absolute Gasteiger partial charge is 0.271 e. The molecule has 0 aromatic carbocycles. The van der Waals surface area contributed by atoms with E-state index in [0.29, 0.717) is 11.5 Å². The molecule has 0 heterocycles. The van der Waals surface area contributed by atoms with Gasteiger partial charge in [0.25, 0.3) is 0 Å². The van der Waals surface area contributed by atoms with Gasteiger partial charge in [0.1, 0.15) is 0 Å². The van der Waals surface area contributed by atoms with E-state index in [-0.39, 0.29) is 0 Å². The Bertz CT molecular complexity index is 93.1. The molecule has 1 unspecified atom stereocenters. The van der Waals surface area contributed by atoms with Crippen LogP contribution in [0.2, 0.25) is 0 Å². The zero-order chi connectivity index (χ0) is 6.91. The molecule has 54 valence electrons. The van der Waals surface area contributed by atoms with Crippen molar-refractivity contribution in [3.63, 3.8) is 0 Å². The van der Waals surface area contributed by atoms with E-state index >= 15 is 0 Å². The average Bonchev–Trinajstić information content (AvgIpc) is 2.52. The fraction of sp³-hybridized carbons (Fsp3) is 1.00. The highest BCUT2D eigenvalue weighted by atomic mass is 15.2. The van der Waals surface area contributed by atoms with Gasteiger partial charge in [-0.15, -0.1) is 0 Å². The molecule has 1 atom stereocenters. The van der Waals surface area contributed by atoms with Crippen molar-refractivity contribution in [1.29, 1.82) is 0 Å². The van der Waals surface area contributed by atoms with E-state index in [2.05, 4.69) is 19.3 Å². The SMILES string of the molecule is CCC(NN)C1(C)CC1. The second-order valence-electron chi connectivity index (χ2n) is 3.28. The summed E-state index contributed by atoms with van der Waals surface area (Å²) < 4.78 is 0. The van der Waals surface area contributed by atoms with Gasteiger partial charge in [0.15, 0.2) is 0 Å². The first-order valence-corrected chi connectivity index (χ1v) is 3.69. The minimum atomic E-state index is 0.531. The summed E-state index contributed by atoms with van der Waals surface area (Å²) in [6, 6.07) is 0.539. The van der Waals surface area contributed by atoms with E-state index in [0.717, 1.165) is 6.42 Å². The highest BCUT2D eigenvalue weighted by Gasteiger charge is 2.43. The number of hydrogen-bond donors (Lipinski definition) is 2. The maximum absolute atomic E-state index is 5.36. The summed E-state index contributed by atoms with van der Waals surface area (Å²) in [5.41, 5.74) is 3.39. The standard InChI is InChI=1S/C7H16N2/c1-3-6(9-8)7(2)4-5-7/h6,9H,3-5,8H2,1-2H3. The number of nitrogens with two attached hydrogens (primary N) is 1. The molecule has 0 aromatic heterocycles. The van der Waals surface area contributed by atoms with Gasteiger partial charge in [-0.3, -0.25) is 11.3 Å². The molecule has 1 aliphatic rings. The molecule has 0 spiro atoms. The Morgan fingerprint density at radius 2 is 2.22 bits per heavy atom. The Morgan fingerprint density at radius 1 is 1.67 bits per heavy atom. The van der Waals surface area contributed by atoms with Crippen LogP contribution in [0.4, 0.5) is 0 Å². The molecule has 1 aliphatic carbocycles. The molecule has 0 amide bonds. The van der Waals surface area contributed by atoms with Crippen LogP contribution in [0.15, 0.2) is 0 Å². The van der Waals surface area contributed by atoms with Crippen LogP contribution in [0.1, 0.15) is 33.1 Å². The molecule has 9 heavy (non-hydrogen) atoms. The highest BCUT2D eigenvalue weighted by molar-refractivity contribution is 4.97. The number of rotatable bonds is 3. The molecule has 1 rings (SSSR count). The Balaban J connectivity index is 2.37. The van der Waals surface area contributed by atoms with Crippen LogP contribution in [-0.2, 0) is 0 Å². The van der Waals surface area contributed by atoms with Crippen molar-refractivity contribution in [2.24, 2.45) is 11.3 Å². The molecule has 2 nitrogen and oxygen atoms in total. The van der Waals surface area contributed by atoms with Crippen LogP contribution < -0.4 is 11.3 Å². The second kappa shape index (κ2) is 2.27. The molecular weight excluding hydrogens is 112 g/mol. The molecule has 0 aliphatic heterocycles. The smallest absolute Gasteiger partial charge is 0.0261 e. The van der Waals surface area contributed by atoms with Gasteiger partial charge in [-0.2, -0.15) is 0 Å². The summed E-state index contributed by atoms with van der Waals surface area (Å²) in [6.45, 7) is 4.47. The van der Waals surface area contributed by atoms with Crippen LogP contribution in [-0.4, -0.2) is 6.04 Å². The second-order valence-corrected chi connectivity index (χ2v) is 3.28. The molecular formula is C7H16N2. The van der Waals surface area contributed by atoms with Crippen LogP contribution in [0, 0.1) is 5.41 Å². The topological polar surface area (TPSA) is 38.0 Å². The lowest BCUT2D eigenvalue weighted by Crippen LogP contribution is -2.40. The fourth-order valence-corrected chi connectivity index (χ4v) is 1.36. The van der Waals surface area contributed by atoms with Crippen molar-refractivity contribution in [2.75, 3.05) is 0 Å². The van der Waals surface area contributed by atoms with Crippen LogP contribution in [0.3, 0.4) is 0 Å². The van der Waals surface area contributed by atoms with E-state index in [4.69, 9.17) is 5.84 Å². The molecule has 1 saturated carbocycles. The molecule has 0 saturated heterocycles. The van der Waals surface area contributed by atoms with Gasteiger partial charge in [-0.05, 0) is 24.7 Å². The molecule has 2 heteroatoms. The monoisotopic (exact) mass is 128 g/mol. The van der Waals surface area contributed by atoms with Crippen LogP contribution in [0.5, 0.6) is 0 Å². The lowest BCUT2D eigenvalue weighted by Gasteiger charge is -2.20. The highest BCUT2D eigenvalue weighted by Crippen LogP contribution is 2.48. The lowest BCUT2D eigenvalue weighted by molar-refractivity contribution is 0.352. The zero-order valence-electron chi connectivity index (χ0n) is 6.28. The predicted octanol–water partition coefficient (Wildman–Crippen LogP) is 1.03. The summed E-state index contributed by atoms with van der Waals surface area (Å²) in [4.78, 5) is 0. The van der Waals surface area contributed by atoms with Gasteiger partial charge in [0, 0.05) is 6.04 Å². The maximum atomic E-state index is 5.36. The van der Waals surface area contributed by atoms with Crippen LogP contribution in [0.25, 0.3) is 0 Å². The molecule has 0 aromatic rings. The number of hydrogen-bond acceptors (Lipinski definition) is 2. The number of nitrogens with one attached hydrogen (secondary N) is 1. The van der Waals surface area contributed by atoms with Crippen molar-refractivity contribution >= 4 is 0 Å². The van der Waals surface area contributed by atoms with Gasteiger partial charge in [-0.25, -0.2) is 0 Å². The first-order valence-electron chi connectivity index (χ1n) is 3.69. The van der Waals surface area contributed by atoms with Gasteiger partial charge in [-0.1, -0.05) is 13.8 Å². The third-order valence-corrected chi connectivity index (χ3v) is 2.49. The quantitative estimate of drug-likeness (QED) is 0.440. The average molecular weight is 128 g/mol. The van der Waals surface area contributed by atoms with Crippen molar-refractivity contribution in [3.05, 3.63) is 0 Å². The van der Waals surface area contributed by atoms with E-state index < -0.39 is 0 Å². The predicted molar refractivity (Wildman–Crippen MR) is 38.7 cm³/mol. The van der Waals surface area contributed by atoms with E-state index in [1.54, 1.807) is 0 Å². The summed E-state index contributed by atoms with van der Waals surface area (Å²) >= 11 is 0. The fourth-order valence-electron chi connectivity index (χ4n) is 1.36. The normalized spacial score (nSPS) is 25.7. The van der Waals surface area contributed by atoms with Crippen LogP contribution >= 0.6 is 0 Å². The molecule has 1 fully saturated rings. The summed E-state index contributed by atoms with van der Waals surface area (Å²) in [5, 5.41) is 0. The van der Waals surface area contributed by atoms with Gasteiger partial charge in [0.05, 0.1) is 0 Å². The van der Waals surface area contributed by atoms with E-state index in [1.165, 1.54) is 12.8 Å². The van der Waals surface area contributed by atoms with E-state index in [1.807, 2.05) is 0 Å². The first kappa shape index (κ1) is 7.03. The van der Waals surface area contributed by atoms with Gasteiger partial charge >= 0.3 is 0 Å². The van der Waals surface area contributed by atoms with Gasteiger partial charge < -0.3 is 0 Å². The van der Waals surface area contributed by atoms with Crippen molar-refractivity contribution in [1.82, 2.24) is 5.43 Å². The summed E-state index contributed by atoms with van der Waals surface area (Å²) in [5.74, 6) is 5.36. The third kappa shape index (κ3) is 1.25. The maximum Gasteiger partial charge on any atom is 0.0261 e. The Morgan fingerprint density at radius 3 is 2.33 bits per heavy atom. The minimum absolute atomic E-state index is 0.531. The summed E-state index contributed by atoms with van der Waals surface area (Å²) in [7, 11) is 0. The van der Waals surface area contributed by atoms with Gasteiger partial charge in [0.2, 0.25) is 0 Å². The Hall–Kier alpha value is -0.0800. The molecule has 0 bridgehead atoms. The van der Waals surface area contributed by atoms with Crippen molar-refractivity contribution < 1.29 is 0 Å². The third-order valence-electron chi connectivity index (χ3n) is 2.49. The minimum Gasteiger partial charge on any atom is -0.271 e. The first-order chi connectivity index (χ1) is 4.23. The Kier molecular flexibility index (Phi) is 1.78. The Labute approximate surface area is 56.8 Å². The molecule has 0 radical (unpaired) electrons.